The number of piperidine rings is 1. The van der Waals surface area contributed by atoms with Crippen LogP contribution >= 0.6 is 0 Å². The topological polar surface area (TPSA) is 91.8 Å². The van der Waals surface area contributed by atoms with Crippen molar-refractivity contribution in [3.63, 3.8) is 0 Å². The quantitative estimate of drug-likeness (QED) is 0.511. The Morgan fingerprint density at radius 2 is 1.77 bits per heavy atom. The number of fused-ring (bicyclic) bond motifs is 2. The van der Waals surface area contributed by atoms with Crippen LogP contribution in [0, 0.1) is 0 Å². The van der Waals surface area contributed by atoms with E-state index in [1.54, 1.807) is 4.90 Å². The maximum Gasteiger partial charge on any atom is 0.255 e. The number of aromatic nitrogens is 1. The molecule has 4 heterocycles. The fourth-order valence-corrected chi connectivity index (χ4v) is 6.71. The van der Waals surface area contributed by atoms with Crippen LogP contribution < -0.4 is 10.1 Å². The second kappa shape index (κ2) is 9.75. The van der Waals surface area contributed by atoms with Crippen molar-refractivity contribution in [2.75, 3.05) is 13.1 Å². The maximum atomic E-state index is 13.0. The summed E-state index contributed by atoms with van der Waals surface area (Å²) in [4.78, 5) is 46.0. The van der Waals surface area contributed by atoms with Crippen LogP contribution in [0.1, 0.15) is 66.1 Å². The minimum absolute atomic E-state index is 0.102. The highest BCUT2D eigenvalue weighted by atomic mass is 16.5. The van der Waals surface area contributed by atoms with E-state index in [4.69, 9.17) is 9.72 Å². The Morgan fingerprint density at radius 3 is 2.64 bits per heavy atom. The molecule has 0 radical (unpaired) electrons. The highest BCUT2D eigenvalue weighted by Gasteiger charge is 2.41. The van der Waals surface area contributed by atoms with Crippen LogP contribution in [0.3, 0.4) is 0 Å². The number of carbonyl (C=O) groups is 3. The molecule has 3 amide bonds. The number of imide groups is 1. The molecule has 3 aromatic rings. The second-order valence-electron chi connectivity index (χ2n) is 11.3. The zero-order valence-corrected chi connectivity index (χ0v) is 21.8. The Balaban J connectivity index is 1.02. The molecule has 2 aromatic carbocycles. The fraction of sp³-hybridized carbons (Fsp3) is 0.419. The monoisotopic (exact) mass is 524 g/mol. The number of amides is 3. The Kier molecular flexibility index (Phi) is 6.07. The van der Waals surface area contributed by atoms with E-state index in [1.807, 2.05) is 30.3 Å². The normalized spacial score (nSPS) is 25.9. The van der Waals surface area contributed by atoms with Gasteiger partial charge in [0, 0.05) is 54.7 Å². The third-order valence-corrected chi connectivity index (χ3v) is 8.87. The molecule has 1 aliphatic carbocycles. The van der Waals surface area contributed by atoms with Crippen LogP contribution in [0.5, 0.6) is 5.75 Å². The molecule has 1 N–H and O–H groups in total. The fourth-order valence-electron chi connectivity index (χ4n) is 6.71. The Hall–Kier alpha value is -3.78. The summed E-state index contributed by atoms with van der Waals surface area (Å²) >= 11 is 0. The second-order valence-corrected chi connectivity index (χ2v) is 11.3. The highest BCUT2D eigenvalue weighted by Crippen LogP contribution is 2.36. The molecule has 1 saturated carbocycles. The minimum atomic E-state index is -0.605. The van der Waals surface area contributed by atoms with Gasteiger partial charge in [-0.1, -0.05) is 30.7 Å². The molecular formula is C31H32N4O4. The number of hydrogen-bond donors (Lipinski definition) is 1. The Bertz CT molecular complexity index is 1470. The van der Waals surface area contributed by atoms with Gasteiger partial charge < -0.3 is 9.64 Å². The lowest BCUT2D eigenvalue weighted by atomic mass is 9.85. The van der Waals surface area contributed by atoms with E-state index < -0.39 is 6.04 Å². The van der Waals surface area contributed by atoms with E-state index >= 15 is 0 Å². The molecule has 3 atom stereocenters. The number of benzene rings is 2. The van der Waals surface area contributed by atoms with Crippen LogP contribution in [0.15, 0.2) is 54.6 Å². The van der Waals surface area contributed by atoms with Gasteiger partial charge in [0.05, 0.1) is 5.52 Å². The first-order chi connectivity index (χ1) is 19.0. The zero-order valence-electron chi connectivity index (χ0n) is 21.8. The zero-order chi connectivity index (χ0) is 26.5. The molecule has 3 fully saturated rings. The van der Waals surface area contributed by atoms with Crippen molar-refractivity contribution in [3.8, 4) is 5.75 Å². The number of rotatable bonds is 5. The predicted molar refractivity (Wildman–Crippen MR) is 145 cm³/mol. The smallest absolute Gasteiger partial charge is 0.255 e. The van der Waals surface area contributed by atoms with Gasteiger partial charge in [-0.15, -0.1) is 0 Å². The first kappa shape index (κ1) is 24.3. The molecule has 2 unspecified atom stereocenters. The summed E-state index contributed by atoms with van der Waals surface area (Å²) < 4.78 is 6.59. The van der Waals surface area contributed by atoms with Crippen molar-refractivity contribution in [1.29, 1.82) is 0 Å². The first-order valence-electron chi connectivity index (χ1n) is 14.1. The minimum Gasteiger partial charge on any atom is -0.489 e. The number of likely N-dealkylation sites (tertiary alicyclic amines) is 1. The molecule has 4 aliphatic rings. The van der Waals surface area contributed by atoms with Crippen molar-refractivity contribution < 1.29 is 19.1 Å². The highest BCUT2D eigenvalue weighted by molar-refractivity contribution is 6.05. The van der Waals surface area contributed by atoms with E-state index in [-0.39, 0.29) is 30.2 Å². The van der Waals surface area contributed by atoms with Gasteiger partial charge >= 0.3 is 0 Å². The SMILES string of the molecule is O=C1CCC(N2Cc3cc(O[C@@H]4CCCCC4N4CC(c5ccc6ccccc6n5)C4)ccc3C2=O)C(=O)N1. The number of hydrogen-bond acceptors (Lipinski definition) is 6. The molecule has 8 nitrogen and oxygen atoms in total. The number of pyridine rings is 1. The van der Waals surface area contributed by atoms with E-state index in [0.717, 1.165) is 49.2 Å². The van der Waals surface area contributed by atoms with Gasteiger partial charge in [0.2, 0.25) is 11.8 Å². The molecule has 2 saturated heterocycles. The average Bonchev–Trinajstić information content (AvgIpc) is 3.24. The summed E-state index contributed by atoms with van der Waals surface area (Å²) in [6, 6.07) is 18.0. The number of nitrogens with one attached hydrogen (secondary N) is 1. The molecule has 39 heavy (non-hydrogen) atoms. The molecular weight excluding hydrogens is 492 g/mol. The van der Waals surface area contributed by atoms with E-state index in [2.05, 4.69) is 34.5 Å². The summed E-state index contributed by atoms with van der Waals surface area (Å²) in [7, 11) is 0. The summed E-state index contributed by atoms with van der Waals surface area (Å²) in [6.07, 6.45) is 5.21. The molecule has 0 spiro atoms. The molecule has 200 valence electrons. The number of ether oxygens (including phenoxy) is 1. The Labute approximate surface area is 227 Å². The van der Waals surface area contributed by atoms with Crippen molar-refractivity contribution in [2.45, 2.75) is 69.2 Å². The number of nitrogens with zero attached hydrogens (tertiary/aromatic N) is 3. The van der Waals surface area contributed by atoms with Gasteiger partial charge in [-0.2, -0.15) is 0 Å². The summed E-state index contributed by atoms with van der Waals surface area (Å²) in [5.74, 6) is 0.398. The van der Waals surface area contributed by atoms with Crippen LogP contribution in [-0.2, 0) is 16.1 Å². The summed E-state index contributed by atoms with van der Waals surface area (Å²) in [5, 5.41) is 3.54. The van der Waals surface area contributed by atoms with Gasteiger partial charge in [0.25, 0.3) is 5.91 Å². The van der Waals surface area contributed by atoms with Crippen LogP contribution in [0.2, 0.25) is 0 Å². The van der Waals surface area contributed by atoms with Gasteiger partial charge in [0.15, 0.2) is 0 Å². The van der Waals surface area contributed by atoms with E-state index in [1.165, 1.54) is 17.5 Å². The van der Waals surface area contributed by atoms with Gasteiger partial charge in [-0.05, 0) is 61.6 Å². The van der Waals surface area contributed by atoms with Crippen molar-refractivity contribution in [3.05, 3.63) is 71.4 Å². The van der Waals surface area contributed by atoms with Gasteiger partial charge in [0.1, 0.15) is 17.9 Å². The maximum absolute atomic E-state index is 13.0. The average molecular weight is 525 g/mol. The van der Waals surface area contributed by atoms with Crippen LogP contribution in [-0.4, -0.2) is 63.8 Å². The standard InChI is InChI=1S/C31H32N4O4/c36-29-14-13-27(30(37)33-29)35-18-20-15-22(10-11-23(20)31(35)38)39-28-8-4-3-7-26(28)34-16-21(17-34)25-12-9-19-5-1-2-6-24(19)32-25/h1-2,5-6,9-12,15,21,26-28H,3-4,7-8,13-14,16-18H2,(H,33,36,37)/t26?,27?,28-/m1/s1. The third kappa shape index (κ3) is 4.46. The third-order valence-electron chi connectivity index (χ3n) is 8.87. The van der Waals surface area contributed by atoms with Crippen LogP contribution in [0.4, 0.5) is 0 Å². The predicted octanol–water partition coefficient (Wildman–Crippen LogP) is 3.79. The molecule has 7 rings (SSSR count). The first-order valence-corrected chi connectivity index (χ1v) is 14.1. The van der Waals surface area contributed by atoms with Gasteiger partial charge in [-0.3, -0.25) is 29.6 Å². The van der Waals surface area contributed by atoms with E-state index in [0.29, 0.717) is 30.5 Å². The summed E-state index contributed by atoms with van der Waals surface area (Å²) in [5.41, 5.74) is 3.71. The largest absolute Gasteiger partial charge is 0.489 e. The summed E-state index contributed by atoms with van der Waals surface area (Å²) in [6.45, 7) is 2.35. The molecule has 3 aliphatic heterocycles. The Morgan fingerprint density at radius 1 is 0.923 bits per heavy atom. The number of para-hydroxylation sites is 1. The van der Waals surface area contributed by atoms with E-state index in [9.17, 15) is 14.4 Å². The lowest BCUT2D eigenvalue weighted by molar-refractivity contribution is -0.136. The lowest BCUT2D eigenvalue weighted by Crippen LogP contribution is -2.57. The number of carbonyl (C=O) groups excluding carboxylic acids is 3. The van der Waals surface area contributed by atoms with Crippen molar-refractivity contribution >= 4 is 28.6 Å². The molecule has 8 heteroatoms. The van der Waals surface area contributed by atoms with Crippen LogP contribution in [0.25, 0.3) is 10.9 Å². The van der Waals surface area contributed by atoms with Gasteiger partial charge in [-0.25, -0.2) is 0 Å². The molecule has 1 aromatic heterocycles. The van der Waals surface area contributed by atoms with Crippen molar-refractivity contribution in [2.24, 2.45) is 0 Å². The van der Waals surface area contributed by atoms with Crippen molar-refractivity contribution in [1.82, 2.24) is 20.1 Å². The molecule has 0 bridgehead atoms. The lowest BCUT2D eigenvalue weighted by Gasteiger charge is -2.48.